The van der Waals surface area contributed by atoms with Crippen molar-refractivity contribution >= 4 is 40.2 Å². The molecule has 0 saturated heterocycles. The molecule has 22 heavy (non-hydrogen) atoms. The van der Waals surface area contributed by atoms with E-state index in [0.29, 0.717) is 16.8 Å². The molecule has 5 nitrogen and oxygen atoms in total. The maximum atomic E-state index is 11.8. The smallest absolute Gasteiger partial charge is 0.338 e. The second-order valence-electron chi connectivity index (χ2n) is 4.32. The van der Waals surface area contributed by atoms with Crippen LogP contribution in [0.3, 0.4) is 0 Å². The molecule has 2 rings (SSSR count). The number of nitriles is 1. The Bertz CT molecular complexity index is 736. The number of halogens is 1. The number of anilines is 1. The fourth-order valence-electron chi connectivity index (χ4n) is 1.66. The third-order valence-corrected chi connectivity index (χ3v) is 3.36. The molecule has 0 unspecified atom stereocenters. The Balaban J connectivity index is 1.87. The summed E-state index contributed by atoms with van der Waals surface area (Å²) in [5, 5.41) is 11.3. The summed E-state index contributed by atoms with van der Waals surface area (Å²) < 4.78 is 5.92. The number of carbonyl (C=O) groups excluding carboxylic acids is 2. The normalized spacial score (nSPS) is 9.64. The van der Waals surface area contributed by atoms with Crippen molar-refractivity contribution in [2.75, 3.05) is 11.9 Å². The van der Waals surface area contributed by atoms with Crippen molar-refractivity contribution in [2.45, 2.75) is 0 Å². The van der Waals surface area contributed by atoms with E-state index in [1.54, 1.807) is 12.1 Å². The summed E-state index contributed by atoms with van der Waals surface area (Å²) in [5.41, 5.74) is 1.39. The fourth-order valence-corrected chi connectivity index (χ4v) is 2.20. The molecule has 1 amide bonds. The van der Waals surface area contributed by atoms with Gasteiger partial charge in [0.1, 0.15) is 0 Å². The minimum atomic E-state index is -0.609. The molecule has 6 heteroatoms. The molecule has 2 aromatic rings. The average molecular weight is 406 g/mol. The van der Waals surface area contributed by atoms with E-state index in [1.807, 2.05) is 18.2 Å². The van der Waals surface area contributed by atoms with Gasteiger partial charge in [-0.15, -0.1) is 0 Å². The first-order valence-corrected chi connectivity index (χ1v) is 7.39. The Morgan fingerprint density at radius 1 is 1.18 bits per heavy atom. The molecule has 0 heterocycles. The Hall–Kier alpha value is -2.40. The molecule has 0 aliphatic heterocycles. The first-order valence-electron chi connectivity index (χ1n) is 6.31. The van der Waals surface area contributed by atoms with Crippen LogP contribution >= 0.6 is 22.6 Å². The SMILES string of the molecule is N#Cc1ccc(C(=O)OCC(=O)Nc2cccc(I)c2)cc1. The lowest BCUT2D eigenvalue weighted by Gasteiger charge is -2.07. The maximum Gasteiger partial charge on any atom is 0.338 e. The molecule has 0 aliphatic carbocycles. The van der Waals surface area contributed by atoms with Crippen LogP contribution in [0.25, 0.3) is 0 Å². The summed E-state index contributed by atoms with van der Waals surface area (Å²) in [7, 11) is 0. The van der Waals surface area contributed by atoms with Gasteiger partial charge in [-0.2, -0.15) is 5.26 Å². The zero-order valence-corrected chi connectivity index (χ0v) is 13.5. The van der Waals surface area contributed by atoms with Crippen LogP contribution in [0.1, 0.15) is 15.9 Å². The van der Waals surface area contributed by atoms with E-state index in [4.69, 9.17) is 10.00 Å². The molecule has 0 atom stereocenters. The molecule has 0 aromatic heterocycles. The monoisotopic (exact) mass is 406 g/mol. The van der Waals surface area contributed by atoms with Gasteiger partial charge in [-0.25, -0.2) is 4.79 Å². The van der Waals surface area contributed by atoms with Crippen LogP contribution in [-0.4, -0.2) is 18.5 Å². The van der Waals surface area contributed by atoms with E-state index < -0.39 is 11.9 Å². The predicted octanol–water partition coefficient (Wildman–Crippen LogP) is 2.96. The van der Waals surface area contributed by atoms with Gasteiger partial charge < -0.3 is 10.1 Å². The number of rotatable bonds is 4. The number of nitrogens with zero attached hydrogens (tertiary/aromatic N) is 1. The molecular weight excluding hydrogens is 395 g/mol. The van der Waals surface area contributed by atoms with Crippen molar-refractivity contribution in [3.8, 4) is 6.07 Å². The van der Waals surface area contributed by atoms with Crippen molar-refractivity contribution in [3.63, 3.8) is 0 Å². The maximum absolute atomic E-state index is 11.8. The number of hydrogen-bond acceptors (Lipinski definition) is 4. The first-order chi connectivity index (χ1) is 10.6. The van der Waals surface area contributed by atoms with Crippen molar-refractivity contribution in [1.29, 1.82) is 5.26 Å². The number of carbonyl (C=O) groups is 2. The third kappa shape index (κ3) is 4.56. The second kappa shape index (κ2) is 7.56. The lowest BCUT2D eigenvalue weighted by molar-refractivity contribution is -0.119. The minimum absolute atomic E-state index is 0.293. The highest BCUT2D eigenvalue weighted by molar-refractivity contribution is 14.1. The highest BCUT2D eigenvalue weighted by atomic mass is 127. The van der Waals surface area contributed by atoms with Gasteiger partial charge in [0.2, 0.25) is 0 Å². The van der Waals surface area contributed by atoms with Crippen molar-refractivity contribution in [2.24, 2.45) is 0 Å². The summed E-state index contributed by atoms with van der Waals surface area (Å²) in [6.45, 7) is -0.371. The van der Waals surface area contributed by atoms with Gasteiger partial charge in [0.15, 0.2) is 6.61 Å². The van der Waals surface area contributed by atoms with E-state index in [1.165, 1.54) is 24.3 Å². The lowest BCUT2D eigenvalue weighted by atomic mass is 10.1. The van der Waals surface area contributed by atoms with Gasteiger partial charge in [-0.1, -0.05) is 6.07 Å². The van der Waals surface area contributed by atoms with Crippen LogP contribution in [0.5, 0.6) is 0 Å². The average Bonchev–Trinajstić information content (AvgIpc) is 2.52. The zero-order chi connectivity index (χ0) is 15.9. The Labute approximate surface area is 141 Å². The van der Waals surface area contributed by atoms with Gasteiger partial charge in [0, 0.05) is 9.26 Å². The standard InChI is InChI=1S/C16H11IN2O3/c17-13-2-1-3-14(8-13)19-15(20)10-22-16(21)12-6-4-11(9-18)5-7-12/h1-8H,10H2,(H,19,20). The van der Waals surface area contributed by atoms with E-state index in [0.717, 1.165) is 3.57 Å². The number of amides is 1. The summed E-state index contributed by atoms with van der Waals surface area (Å²) in [6.07, 6.45) is 0. The molecule has 110 valence electrons. The van der Waals surface area contributed by atoms with E-state index in [9.17, 15) is 9.59 Å². The summed E-state index contributed by atoms with van der Waals surface area (Å²) in [4.78, 5) is 23.5. The van der Waals surface area contributed by atoms with Crippen LogP contribution in [0.15, 0.2) is 48.5 Å². The molecule has 0 saturated carbocycles. The van der Waals surface area contributed by atoms with Gasteiger partial charge in [0.25, 0.3) is 5.91 Å². The third-order valence-electron chi connectivity index (χ3n) is 2.69. The lowest BCUT2D eigenvalue weighted by Crippen LogP contribution is -2.20. The second-order valence-corrected chi connectivity index (χ2v) is 5.57. The Morgan fingerprint density at radius 2 is 1.91 bits per heavy atom. The molecule has 0 bridgehead atoms. The van der Waals surface area contributed by atoms with Crippen LogP contribution in [0.2, 0.25) is 0 Å². The molecule has 1 N–H and O–H groups in total. The van der Waals surface area contributed by atoms with Crippen LogP contribution in [0.4, 0.5) is 5.69 Å². The largest absolute Gasteiger partial charge is 0.452 e. The van der Waals surface area contributed by atoms with Crippen LogP contribution in [0, 0.1) is 14.9 Å². The molecular formula is C16H11IN2O3. The van der Waals surface area contributed by atoms with E-state index in [-0.39, 0.29) is 6.61 Å². The number of hydrogen-bond donors (Lipinski definition) is 1. The summed E-state index contributed by atoms with van der Waals surface area (Å²) in [5.74, 6) is -1.02. The summed E-state index contributed by atoms with van der Waals surface area (Å²) in [6, 6.07) is 15.2. The molecule has 0 spiro atoms. The van der Waals surface area contributed by atoms with Gasteiger partial charge in [0.05, 0.1) is 17.2 Å². The highest BCUT2D eigenvalue weighted by Crippen LogP contribution is 2.12. The van der Waals surface area contributed by atoms with Gasteiger partial charge in [-0.3, -0.25) is 4.79 Å². The topological polar surface area (TPSA) is 79.2 Å². The van der Waals surface area contributed by atoms with E-state index >= 15 is 0 Å². The zero-order valence-electron chi connectivity index (χ0n) is 11.4. The summed E-state index contributed by atoms with van der Waals surface area (Å²) >= 11 is 2.14. The van der Waals surface area contributed by atoms with Gasteiger partial charge >= 0.3 is 5.97 Å². The molecule has 0 fully saturated rings. The molecule has 0 radical (unpaired) electrons. The van der Waals surface area contributed by atoms with E-state index in [2.05, 4.69) is 27.9 Å². The number of ether oxygens (including phenoxy) is 1. The quantitative estimate of drug-likeness (QED) is 0.626. The number of benzene rings is 2. The molecule has 2 aromatic carbocycles. The van der Waals surface area contributed by atoms with Gasteiger partial charge in [-0.05, 0) is 65.1 Å². The molecule has 0 aliphatic rings. The minimum Gasteiger partial charge on any atom is -0.452 e. The van der Waals surface area contributed by atoms with Crippen molar-refractivity contribution in [1.82, 2.24) is 0 Å². The highest BCUT2D eigenvalue weighted by Gasteiger charge is 2.10. The predicted molar refractivity (Wildman–Crippen MR) is 89.2 cm³/mol. The fraction of sp³-hybridized carbons (Fsp3) is 0.0625. The van der Waals surface area contributed by atoms with Crippen LogP contribution < -0.4 is 5.32 Å². The number of nitrogens with one attached hydrogen (secondary N) is 1. The Morgan fingerprint density at radius 3 is 2.55 bits per heavy atom. The van der Waals surface area contributed by atoms with Crippen molar-refractivity contribution in [3.05, 3.63) is 63.2 Å². The Kier molecular flexibility index (Phi) is 5.49. The first kappa shape index (κ1) is 16.0. The van der Waals surface area contributed by atoms with Crippen LogP contribution in [-0.2, 0) is 9.53 Å². The van der Waals surface area contributed by atoms with Crippen molar-refractivity contribution < 1.29 is 14.3 Å². The number of esters is 1.